The largest absolute Gasteiger partial charge is 0.341 e. The second-order valence-electron chi connectivity index (χ2n) is 6.22. The van der Waals surface area contributed by atoms with Crippen molar-refractivity contribution in [3.63, 3.8) is 0 Å². The van der Waals surface area contributed by atoms with E-state index in [1.165, 1.54) is 11.1 Å². The molecule has 0 radical (unpaired) electrons. The quantitative estimate of drug-likeness (QED) is 0.908. The number of benzene rings is 1. The number of thioether (sulfide) groups is 1. The number of hydrogen-bond donors (Lipinski definition) is 1. The topological polar surface area (TPSA) is 46.3 Å². The Morgan fingerprint density at radius 3 is 2.95 bits per heavy atom. The summed E-state index contributed by atoms with van der Waals surface area (Å²) in [6.45, 7) is 4.50. The van der Waals surface area contributed by atoms with Gasteiger partial charge in [-0.3, -0.25) is 4.79 Å². The van der Waals surface area contributed by atoms with Crippen molar-refractivity contribution in [1.29, 1.82) is 0 Å². The molecule has 1 saturated heterocycles. The van der Waals surface area contributed by atoms with E-state index in [1.807, 2.05) is 11.0 Å². The number of carbonyl (C=O) groups is 1. The van der Waals surface area contributed by atoms with Crippen molar-refractivity contribution in [3.05, 3.63) is 35.4 Å². The summed E-state index contributed by atoms with van der Waals surface area (Å²) in [5, 5.41) is -0.0138. The molecule has 0 saturated carbocycles. The maximum Gasteiger partial charge on any atom is 0.240 e. The molecule has 3 nitrogen and oxygen atoms in total. The fourth-order valence-electron chi connectivity index (χ4n) is 3.14. The third-order valence-corrected chi connectivity index (χ3v) is 5.81. The van der Waals surface area contributed by atoms with Crippen LogP contribution in [0.25, 0.3) is 0 Å². The van der Waals surface area contributed by atoms with Gasteiger partial charge in [0.15, 0.2) is 0 Å². The first-order valence-corrected chi connectivity index (χ1v) is 8.36. The predicted molar refractivity (Wildman–Crippen MR) is 91.0 cm³/mol. The van der Waals surface area contributed by atoms with E-state index in [0.717, 1.165) is 31.7 Å². The average molecular weight is 327 g/mol. The van der Waals surface area contributed by atoms with Gasteiger partial charge in [-0.05, 0) is 41.7 Å². The Hall–Kier alpha value is -0.710. The highest BCUT2D eigenvalue weighted by Crippen LogP contribution is 2.40. The molecule has 3 rings (SSSR count). The second-order valence-corrected chi connectivity index (χ2v) is 7.44. The fourth-order valence-corrected chi connectivity index (χ4v) is 4.42. The van der Waals surface area contributed by atoms with Crippen molar-refractivity contribution < 1.29 is 4.79 Å². The van der Waals surface area contributed by atoms with Crippen LogP contribution in [0.15, 0.2) is 24.3 Å². The molecule has 1 fully saturated rings. The van der Waals surface area contributed by atoms with Gasteiger partial charge >= 0.3 is 0 Å². The van der Waals surface area contributed by atoms with Crippen LogP contribution in [0.4, 0.5) is 0 Å². The zero-order chi connectivity index (χ0) is 14.2. The van der Waals surface area contributed by atoms with Crippen LogP contribution in [-0.4, -0.2) is 36.2 Å². The molecule has 116 valence electrons. The SMILES string of the molecule is CC1(CN)CCN(C(=O)C2SCCc3ccccc32)C1.Cl. The summed E-state index contributed by atoms with van der Waals surface area (Å²) in [4.78, 5) is 14.9. The highest BCUT2D eigenvalue weighted by Gasteiger charge is 2.38. The maximum absolute atomic E-state index is 12.8. The second kappa shape index (κ2) is 6.59. The van der Waals surface area contributed by atoms with Crippen LogP contribution in [-0.2, 0) is 11.2 Å². The lowest BCUT2D eigenvalue weighted by Gasteiger charge is -2.29. The van der Waals surface area contributed by atoms with E-state index in [4.69, 9.17) is 5.73 Å². The smallest absolute Gasteiger partial charge is 0.240 e. The van der Waals surface area contributed by atoms with Crippen LogP contribution in [0.3, 0.4) is 0 Å². The molecule has 1 aromatic rings. The van der Waals surface area contributed by atoms with E-state index in [0.29, 0.717) is 6.54 Å². The van der Waals surface area contributed by atoms with Crippen LogP contribution in [0.1, 0.15) is 29.7 Å². The minimum Gasteiger partial charge on any atom is -0.341 e. The molecule has 2 atom stereocenters. The number of rotatable bonds is 2. The van der Waals surface area contributed by atoms with Gasteiger partial charge in [-0.2, -0.15) is 0 Å². The molecule has 21 heavy (non-hydrogen) atoms. The Bertz CT molecular complexity index is 525. The summed E-state index contributed by atoms with van der Waals surface area (Å²) in [5.41, 5.74) is 8.50. The maximum atomic E-state index is 12.8. The molecule has 2 aliphatic rings. The van der Waals surface area contributed by atoms with Gasteiger partial charge in [0.2, 0.25) is 5.91 Å². The third-order valence-electron chi connectivity index (χ3n) is 4.58. The van der Waals surface area contributed by atoms with Crippen LogP contribution < -0.4 is 5.73 Å². The fraction of sp³-hybridized carbons (Fsp3) is 0.562. The van der Waals surface area contributed by atoms with Crippen LogP contribution >= 0.6 is 24.2 Å². The van der Waals surface area contributed by atoms with Crippen molar-refractivity contribution in [2.24, 2.45) is 11.1 Å². The van der Waals surface area contributed by atoms with Crippen LogP contribution in [0.2, 0.25) is 0 Å². The first kappa shape index (κ1) is 16.7. The molecule has 0 aromatic heterocycles. The molecule has 1 aromatic carbocycles. The zero-order valence-electron chi connectivity index (χ0n) is 12.4. The van der Waals surface area contributed by atoms with Gasteiger partial charge in [-0.15, -0.1) is 24.2 Å². The number of carbonyl (C=O) groups excluding carboxylic acids is 1. The summed E-state index contributed by atoms with van der Waals surface area (Å²) >= 11 is 1.79. The molecule has 0 bridgehead atoms. The van der Waals surface area contributed by atoms with Crippen LogP contribution in [0.5, 0.6) is 0 Å². The summed E-state index contributed by atoms with van der Waals surface area (Å²) < 4.78 is 0. The van der Waals surface area contributed by atoms with Gasteiger partial charge in [0.25, 0.3) is 0 Å². The monoisotopic (exact) mass is 326 g/mol. The molecule has 0 spiro atoms. The lowest BCUT2D eigenvalue weighted by Crippen LogP contribution is -2.37. The molecule has 2 N–H and O–H groups in total. The highest BCUT2D eigenvalue weighted by atomic mass is 35.5. The minimum atomic E-state index is -0.0138. The van der Waals surface area contributed by atoms with E-state index in [2.05, 4.69) is 25.1 Å². The van der Waals surface area contributed by atoms with Crippen molar-refractivity contribution in [3.8, 4) is 0 Å². The Balaban J connectivity index is 0.00000161. The molecule has 2 heterocycles. The van der Waals surface area contributed by atoms with E-state index in [1.54, 1.807) is 11.8 Å². The number of hydrogen-bond acceptors (Lipinski definition) is 3. The molecular weight excluding hydrogens is 304 g/mol. The van der Waals surface area contributed by atoms with Gasteiger partial charge < -0.3 is 10.6 Å². The first-order valence-electron chi connectivity index (χ1n) is 7.31. The third kappa shape index (κ3) is 3.22. The van der Waals surface area contributed by atoms with Crippen molar-refractivity contribution in [2.75, 3.05) is 25.4 Å². The molecular formula is C16H23ClN2OS. The van der Waals surface area contributed by atoms with Crippen molar-refractivity contribution >= 4 is 30.1 Å². The van der Waals surface area contributed by atoms with Gasteiger partial charge in [0.1, 0.15) is 5.25 Å². The Morgan fingerprint density at radius 2 is 2.24 bits per heavy atom. The standard InChI is InChI=1S/C16H22N2OS.ClH/c1-16(10-17)7-8-18(11-16)15(19)14-13-5-3-2-4-12(13)6-9-20-14;/h2-5,14H,6-11,17H2,1H3;1H. The Labute approximate surface area is 137 Å². The minimum absolute atomic E-state index is 0. The summed E-state index contributed by atoms with van der Waals surface area (Å²) in [5.74, 6) is 1.31. The normalized spacial score (nSPS) is 27.9. The summed E-state index contributed by atoms with van der Waals surface area (Å²) in [6, 6.07) is 8.38. The highest BCUT2D eigenvalue weighted by molar-refractivity contribution is 8.00. The Kier molecular flexibility index (Phi) is 5.23. The van der Waals surface area contributed by atoms with Crippen molar-refractivity contribution in [1.82, 2.24) is 4.90 Å². The first-order chi connectivity index (χ1) is 9.63. The number of halogens is 1. The number of amides is 1. The summed E-state index contributed by atoms with van der Waals surface area (Å²) in [7, 11) is 0. The lowest BCUT2D eigenvalue weighted by molar-refractivity contribution is -0.130. The van der Waals surface area contributed by atoms with E-state index < -0.39 is 0 Å². The predicted octanol–water partition coefficient (Wildman–Crippen LogP) is 2.64. The number of aryl methyl sites for hydroxylation is 1. The van der Waals surface area contributed by atoms with Gasteiger partial charge in [0, 0.05) is 13.1 Å². The summed E-state index contributed by atoms with van der Waals surface area (Å²) in [6.07, 6.45) is 2.10. The zero-order valence-corrected chi connectivity index (χ0v) is 14.0. The van der Waals surface area contributed by atoms with Gasteiger partial charge in [-0.25, -0.2) is 0 Å². The molecule has 0 aliphatic carbocycles. The van der Waals surface area contributed by atoms with Gasteiger partial charge in [-0.1, -0.05) is 31.2 Å². The molecule has 2 aliphatic heterocycles. The van der Waals surface area contributed by atoms with Crippen LogP contribution in [0, 0.1) is 5.41 Å². The Morgan fingerprint density at radius 1 is 1.48 bits per heavy atom. The van der Waals surface area contributed by atoms with E-state index in [-0.39, 0.29) is 29.0 Å². The molecule has 1 amide bonds. The number of likely N-dealkylation sites (tertiary alicyclic amines) is 1. The number of nitrogens with two attached hydrogens (primary N) is 1. The average Bonchev–Trinajstić information content (AvgIpc) is 2.89. The molecule has 2 unspecified atom stereocenters. The van der Waals surface area contributed by atoms with E-state index in [9.17, 15) is 4.79 Å². The molecule has 5 heteroatoms. The van der Waals surface area contributed by atoms with Crippen molar-refractivity contribution in [2.45, 2.75) is 25.0 Å². The number of nitrogens with zero attached hydrogens (tertiary/aromatic N) is 1. The number of fused-ring (bicyclic) bond motifs is 1. The van der Waals surface area contributed by atoms with E-state index >= 15 is 0 Å². The van der Waals surface area contributed by atoms with Gasteiger partial charge in [0.05, 0.1) is 0 Å². The lowest BCUT2D eigenvalue weighted by atomic mass is 9.90.